The van der Waals surface area contributed by atoms with E-state index in [-0.39, 0.29) is 0 Å². The third kappa shape index (κ3) is 3.47. The van der Waals surface area contributed by atoms with Crippen molar-refractivity contribution in [1.29, 1.82) is 0 Å². The normalized spacial score (nSPS) is 10.6. The Bertz CT molecular complexity index is 594. The molecule has 20 heavy (non-hydrogen) atoms. The SMILES string of the molecule is CCc1ccccc1NCc1c(Cl)cc(Cl)cc1CC. The number of nitrogens with one attached hydrogen (secondary N) is 1. The van der Waals surface area contributed by atoms with E-state index in [9.17, 15) is 0 Å². The highest BCUT2D eigenvalue weighted by Gasteiger charge is 2.08. The predicted octanol–water partition coefficient (Wildman–Crippen LogP) is 5.73. The van der Waals surface area contributed by atoms with Crippen LogP contribution in [0.3, 0.4) is 0 Å². The van der Waals surface area contributed by atoms with Crippen LogP contribution in [0.2, 0.25) is 10.0 Å². The summed E-state index contributed by atoms with van der Waals surface area (Å²) >= 11 is 12.4. The molecule has 2 aromatic rings. The van der Waals surface area contributed by atoms with Crippen LogP contribution in [-0.4, -0.2) is 0 Å². The molecule has 0 aromatic heterocycles. The summed E-state index contributed by atoms with van der Waals surface area (Å²) in [5.41, 5.74) is 4.81. The molecular formula is C17H19Cl2N. The second-order valence-corrected chi connectivity index (χ2v) is 5.59. The third-order valence-corrected chi connectivity index (χ3v) is 4.04. The highest BCUT2D eigenvalue weighted by Crippen LogP contribution is 2.27. The van der Waals surface area contributed by atoms with Crippen LogP contribution >= 0.6 is 23.2 Å². The van der Waals surface area contributed by atoms with E-state index in [1.165, 1.54) is 16.8 Å². The fourth-order valence-electron chi connectivity index (χ4n) is 2.35. The summed E-state index contributed by atoms with van der Waals surface area (Å²) in [5, 5.41) is 4.92. The fraction of sp³-hybridized carbons (Fsp3) is 0.294. The maximum atomic E-state index is 6.33. The zero-order chi connectivity index (χ0) is 14.5. The molecule has 0 saturated heterocycles. The predicted molar refractivity (Wildman–Crippen MR) is 89.0 cm³/mol. The summed E-state index contributed by atoms with van der Waals surface area (Å²) in [4.78, 5) is 0. The minimum absolute atomic E-state index is 0.699. The van der Waals surface area contributed by atoms with Crippen molar-refractivity contribution >= 4 is 28.9 Å². The monoisotopic (exact) mass is 307 g/mol. The molecule has 0 atom stereocenters. The van der Waals surface area contributed by atoms with Crippen molar-refractivity contribution in [2.75, 3.05) is 5.32 Å². The van der Waals surface area contributed by atoms with E-state index in [1.807, 2.05) is 18.2 Å². The molecule has 0 spiro atoms. The van der Waals surface area contributed by atoms with E-state index in [2.05, 4.69) is 37.4 Å². The lowest BCUT2D eigenvalue weighted by molar-refractivity contribution is 1.03. The molecule has 1 N–H and O–H groups in total. The zero-order valence-electron chi connectivity index (χ0n) is 11.8. The van der Waals surface area contributed by atoms with Crippen molar-refractivity contribution in [2.45, 2.75) is 33.2 Å². The summed E-state index contributed by atoms with van der Waals surface area (Å²) in [6.45, 7) is 4.99. The van der Waals surface area contributed by atoms with Gasteiger partial charge < -0.3 is 5.32 Å². The molecular weight excluding hydrogens is 289 g/mol. The Kier molecular flexibility index (Phi) is 5.33. The first kappa shape index (κ1) is 15.2. The maximum absolute atomic E-state index is 6.33. The summed E-state index contributed by atoms with van der Waals surface area (Å²) in [6.07, 6.45) is 1.94. The Morgan fingerprint density at radius 3 is 2.35 bits per heavy atom. The lowest BCUT2D eigenvalue weighted by Gasteiger charge is -2.15. The quantitative estimate of drug-likeness (QED) is 0.743. The van der Waals surface area contributed by atoms with Gasteiger partial charge in [0, 0.05) is 22.3 Å². The molecule has 1 nitrogen and oxygen atoms in total. The van der Waals surface area contributed by atoms with E-state index < -0.39 is 0 Å². The molecule has 2 rings (SSSR count). The average molecular weight is 308 g/mol. The molecule has 0 amide bonds. The van der Waals surface area contributed by atoms with Gasteiger partial charge in [0.25, 0.3) is 0 Å². The van der Waals surface area contributed by atoms with E-state index in [4.69, 9.17) is 23.2 Å². The number of rotatable bonds is 5. The molecule has 0 aliphatic heterocycles. The van der Waals surface area contributed by atoms with Crippen LogP contribution in [0.15, 0.2) is 36.4 Å². The van der Waals surface area contributed by atoms with Crippen LogP contribution in [0, 0.1) is 0 Å². The van der Waals surface area contributed by atoms with Gasteiger partial charge in [-0.05, 0) is 47.7 Å². The molecule has 0 aliphatic carbocycles. The van der Waals surface area contributed by atoms with Gasteiger partial charge in [-0.2, -0.15) is 0 Å². The molecule has 2 aromatic carbocycles. The Labute approximate surface area is 130 Å². The maximum Gasteiger partial charge on any atom is 0.0473 e. The van der Waals surface area contributed by atoms with Crippen LogP contribution < -0.4 is 5.32 Å². The van der Waals surface area contributed by atoms with Crippen molar-refractivity contribution in [3.63, 3.8) is 0 Å². The minimum Gasteiger partial charge on any atom is -0.381 e. The van der Waals surface area contributed by atoms with Crippen molar-refractivity contribution in [2.24, 2.45) is 0 Å². The van der Waals surface area contributed by atoms with Crippen LogP contribution in [0.1, 0.15) is 30.5 Å². The molecule has 0 heterocycles. The van der Waals surface area contributed by atoms with E-state index in [0.29, 0.717) is 5.02 Å². The van der Waals surface area contributed by atoms with E-state index in [0.717, 1.165) is 30.0 Å². The standard InChI is InChI=1S/C17H19Cl2N/c1-3-12-7-5-6-8-17(12)20-11-15-13(4-2)9-14(18)10-16(15)19/h5-10,20H,3-4,11H2,1-2H3. The van der Waals surface area contributed by atoms with Crippen molar-refractivity contribution < 1.29 is 0 Å². The van der Waals surface area contributed by atoms with Gasteiger partial charge in [-0.3, -0.25) is 0 Å². The molecule has 0 fully saturated rings. The Morgan fingerprint density at radius 1 is 0.950 bits per heavy atom. The summed E-state index contributed by atoms with van der Waals surface area (Å²) in [6, 6.07) is 12.2. The van der Waals surface area contributed by atoms with Crippen molar-refractivity contribution in [3.05, 3.63) is 63.1 Å². The number of hydrogen-bond acceptors (Lipinski definition) is 1. The largest absolute Gasteiger partial charge is 0.381 e. The molecule has 0 unspecified atom stereocenters. The van der Waals surface area contributed by atoms with Gasteiger partial charge >= 0.3 is 0 Å². The second kappa shape index (κ2) is 7.01. The van der Waals surface area contributed by atoms with Crippen LogP contribution in [0.4, 0.5) is 5.69 Å². The first-order valence-electron chi connectivity index (χ1n) is 6.94. The number of anilines is 1. The Hall–Kier alpha value is -1.18. The lowest BCUT2D eigenvalue weighted by atomic mass is 10.0. The first-order chi connectivity index (χ1) is 9.65. The van der Waals surface area contributed by atoms with E-state index >= 15 is 0 Å². The van der Waals surface area contributed by atoms with Gasteiger partial charge in [0.05, 0.1) is 0 Å². The van der Waals surface area contributed by atoms with Gasteiger partial charge in [-0.1, -0.05) is 55.2 Å². The number of hydrogen-bond donors (Lipinski definition) is 1. The van der Waals surface area contributed by atoms with Crippen LogP contribution in [0.25, 0.3) is 0 Å². The van der Waals surface area contributed by atoms with Gasteiger partial charge in [-0.15, -0.1) is 0 Å². The lowest BCUT2D eigenvalue weighted by Crippen LogP contribution is -2.05. The van der Waals surface area contributed by atoms with Crippen LogP contribution in [0.5, 0.6) is 0 Å². The smallest absolute Gasteiger partial charge is 0.0473 e. The second-order valence-electron chi connectivity index (χ2n) is 4.74. The van der Waals surface area contributed by atoms with E-state index in [1.54, 1.807) is 0 Å². The summed E-state index contributed by atoms with van der Waals surface area (Å²) in [5.74, 6) is 0. The number of para-hydroxylation sites is 1. The van der Waals surface area contributed by atoms with Crippen molar-refractivity contribution in [3.8, 4) is 0 Å². The van der Waals surface area contributed by atoms with Gasteiger partial charge in [-0.25, -0.2) is 0 Å². The fourth-order valence-corrected chi connectivity index (χ4v) is 2.96. The first-order valence-corrected chi connectivity index (χ1v) is 7.69. The highest BCUT2D eigenvalue weighted by atomic mass is 35.5. The molecule has 0 radical (unpaired) electrons. The number of halogens is 2. The Balaban J connectivity index is 2.23. The van der Waals surface area contributed by atoms with Gasteiger partial charge in [0.1, 0.15) is 0 Å². The number of benzene rings is 2. The van der Waals surface area contributed by atoms with Gasteiger partial charge in [0.15, 0.2) is 0 Å². The molecule has 106 valence electrons. The highest BCUT2D eigenvalue weighted by molar-refractivity contribution is 6.35. The van der Waals surface area contributed by atoms with Crippen LogP contribution in [-0.2, 0) is 19.4 Å². The molecule has 0 aliphatic rings. The van der Waals surface area contributed by atoms with Crippen molar-refractivity contribution in [1.82, 2.24) is 0 Å². The third-order valence-electron chi connectivity index (χ3n) is 3.49. The molecule has 0 bridgehead atoms. The average Bonchev–Trinajstić information content (AvgIpc) is 2.45. The topological polar surface area (TPSA) is 12.0 Å². The zero-order valence-corrected chi connectivity index (χ0v) is 13.4. The minimum atomic E-state index is 0.699. The Morgan fingerprint density at radius 2 is 1.65 bits per heavy atom. The van der Waals surface area contributed by atoms with Gasteiger partial charge in [0.2, 0.25) is 0 Å². The molecule has 3 heteroatoms. The number of aryl methyl sites for hydroxylation is 2. The summed E-state index contributed by atoms with van der Waals surface area (Å²) < 4.78 is 0. The molecule has 0 saturated carbocycles. The summed E-state index contributed by atoms with van der Waals surface area (Å²) in [7, 11) is 0.